The van der Waals surface area contributed by atoms with Crippen LogP contribution in [0.4, 0.5) is 5.69 Å². The summed E-state index contributed by atoms with van der Waals surface area (Å²) in [7, 11) is 1.33. The van der Waals surface area contributed by atoms with Gasteiger partial charge < -0.3 is 14.4 Å². The number of nitrogens with one attached hydrogen (secondary N) is 1. The van der Waals surface area contributed by atoms with E-state index in [2.05, 4.69) is 31.8 Å². The molecule has 1 aliphatic heterocycles. The van der Waals surface area contributed by atoms with Crippen LogP contribution in [-0.2, 0) is 9.47 Å². The van der Waals surface area contributed by atoms with Crippen molar-refractivity contribution in [2.24, 2.45) is 4.99 Å². The van der Waals surface area contributed by atoms with Crippen molar-refractivity contribution in [1.29, 1.82) is 0 Å². The minimum absolute atomic E-state index is 0.266. The average molecular weight is 266 g/mol. The number of carbonyl (C=O) groups excluding carboxylic acids is 1. The van der Waals surface area contributed by atoms with E-state index in [0.29, 0.717) is 18.9 Å². The van der Waals surface area contributed by atoms with E-state index in [1.54, 1.807) is 0 Å². The predicted octanol–water partition coefficient (Wildman–Crippen LogP) is 0.967. The van der Waals surface area contributed by atoms with Crippen LogP contribution in [-0.4, -0.2) is 59.8 Å². The summed E-state index contributed by atoms with van der Waals surface area (Å²) in [4.78, 5) is 18.1. The first kappa shape index (κ1) is 13.5. The first-order chi connectivity index (χ1) is 9.13. The third-order valence-corrected chi connectivity index (χ3v) is 3.07. The molecule has 2 rings (SSSR count). The maximum Gasteiger partial charge on any atom is 0.358 e. The van der Waals surface area contributed by atoms with Gasteiger partial charge in [0, 0.05) is 6.54 Å². The zero-order valence-corrected chi connectivity index (χ0v) is 11.3. The summed E-state index contributed by atoms with van der Waals surface area (Å²) in [6, 6.07) is 0.269. The Morgan fingerprint density at radius 3 is 3.16 bits per heavy atom. The number of methoxy groups -OCH3 is 1. The number of hydrogen-bond donors (Lipinski definition) is 1. The minimum Gasteiger partial charge on any atom is -0.464 e. The van der Waals surface area contributed by atoms with Crippen molar-refractivity contribution in [2.75, 3.05) is 26.9 Å². The molecule has 104 valence electrons. The van der Waals surface area contributed by atoms with Gasteiger partial charge in [-0.25, -0.2) is 9.79 Å². The van der Waals surface area contributed by atoms with E-state index in [0.717, 1.165) is 12.4 Å². The molecule has 1 aromatic heterocycles. The summed E-state index contributed by atoms with van der Waals surface area (Å²) in [6.07, 6.45) is 1.51. The van der Waals surface area contributed by atoms with Gasteiger partial charge in [0.15, 0.2) is 5.69 Å². The zero-order valence-electron chi connectivity index (χ0n) is 11.3. The van der Waals surface area contributed by atoms with Crippen LogP contribution in [0, 0.1) is 0 Å². The monoisotopic (exact) mass is 266 g/mol. The van der Waals surface area contributed by atoms with Gasteiger partial charge in [-0.15, -0.1) is 0 Å². The molecule has 1 atom stereocenters. The Bertz CT molecular complexity index is 483. The lowest BCUT2D eigenvalue weighted by molar-refractivity contribution is 0.0330. The van der Waals surface area contributed by atoms with Gasteiger partial charge in [-0.2, -0.15) is 5.10 Å². The van der Waals surface area contributed by atoms with Crippen LogP contribution in [0.3, 0.4) is 0 Å². The summed E-state index contributed by atoms with van der Waals surface area (Å²) < 4.78 is 10.1. The van der Waals surface area contributed by atoms with Crippen LogP contribution < -0.4 is 0 Å². The molecule has 0 aliphatic carbocycles. The standard InChI is InChI=1S/C12H18N4O3/c1-8-7-19-5-4-16(8)9(2)14-10-6-13-15-11(10)12(17)18-3/h6,8H,4-5,7H2,1-3H3,(H,13,15)/t8-/m1/s1. The van der Waals surface area contributed by atoms with Gasteiger partial charge in [0.2, 0.25) is 0 Å². The van der Waals surface area contributed by atoms with E-state index in [9.17, 15) is 4.79 Å². The van der Waals surface area contributed by atoms with E-state index in [1.165, 1.54) is 13.3 Å². The number of aromatic nitrogens is 2. The molecule has 0 bridgehead atoms. The Labute approximate surface area is 111 Å². The first-order valence-electron chi connectivity index (χ1n) is 6.15. The molecule has 2 heterocycles. The Morgan fingerprint density at radius 1 is 1.68 bits per heavy atom. The van der Waals surface area contributed by atoms with Gasteiger partial charge in [0.05, 0.1) is 32.6 Å². The number of aromatic amines is 1. The van der Waals surface area contributed by atoms with E-state index < -0.39 is 5.97 Å². The second-order valence-electron chi connectivity index (χ2n) is 4.40. The molecule has 1 N–H and O–H groups in total. The Hall–Kier alpha value is -1.89. The van der Waals surface area contributed by atoms with Crippen LogP contribution in [0.1, 0.15) is 24.3 Å². The highest BCUT2D eigenvalue weighted by molar-refractivity contribution is 5.94. The summed E-state index contributed by atoms with van der Waals surface area (Å²) in [5, 5.41) is 6.43. The summed E-state index contributed by atoms with van der Waals surface area (Å²) >= 11 is 0. The highest BCUT2D eigenvalue weighted by atomic mass is 16.5. The normalized spacial score (nSPS) is 20.5. The Balaban J connectivity index is 2.20. The molecule has 0 amide bonds. The van der Waals surface area contributed by atoms with E-state index in [-0.39, 0.29) is 11.7 Å². The number of esters is 1. The van der Waals surface area contributed by atoms with Gasteiger partial charge >= 0.3 is 5.97 Å². The molecule has 1 saturated heterocycles. The lowest BCUT2D eigenvalue weighted by Gasteiger charge is -2.34. The van der Waals surface area contributed by atoms with Crippen LogP contribution in [0.5, 0.6) is 0 Å². The average Bonchev–Trinajstić information content (AvgIpc) is 2.86. The van der Waals surface area contributed by atoms with Gasteiger partial charge in [-0.1, -0.05) is 0 Å². The topological polar surface area (TPSA) is 79.8 Å². The van der Waals surface area contributed by atoms with Crippen molar-refractivity contribution in [3.8, 4) is 0 Å². The predicted molar refractivity (Wildman–Crippen MR) is 69.7 cm³/mol. The highest BCUT2D eigenvalue weighted by Crippen LogP contribution is 2.18. The van der Waals surface area contributed by atoms with Crippen molar-refractivity contribution in [3.63, 3.8) is 0 Å². The maximum atomic E-state index is 11.5. The van der Waals surface area contributed by atoms with Crippen molar-refractivity contribution in [1.82, 2.24) is 15.1 Å². The number of nitrogens with zero attached hydrogens (tertiary/aromatic N) is 3. The maximum absolute atomic E-state index is 11.5. The number of ether oxygens (including phenoxy) is 2. The van der Waals surface area contributed by atoms with Crippen molar-refractivity contribution >= 4 is 17.5 Å². The molecular formula is C12H18N4O3. The molecule has 0 unspecified atom stereocenters. The second-order valence-corrected chi connectivity index (χ2v) is 4.40. The van der Waals surface area contributed by atoms with Crippen LogP contribution >= 0.6 is 0 Å². The number of amidine groups is 1. The smallest absolute Gasteiger partial charge is 0.358 e. The van der Waals surface area contributed by atoms with Crippen LogP contribution in [0.15, 0.2) is 11.2 Å². The van der Waals surface area contributed by atoms with Gasteiger partial charge in [-0.3, -0.25) is 5.10 Å². The summed E-state index contributed by atoms with van der Waals surface area (Å²) in [6.45, 7) is 6.15. The number of hydrogen-bond acceptors (Lipinski definition) is 5. The molecule has 7 heteroatoms. The third kappa shape index (κ3) is 2.93. The van der Waals surface area contributed by atoms with Crippen LogP contribution in [0.25, 0.3) is 0 Å². The molecule has 1 aromatic rings. The Morgan fingerprint density at radius 2 is 2.47 bits per heavy atom. The fraction of sp³-hybridized carbons (Fsp3) is 0.583. The van der Waals surface area contributed by atoms with E-state index >= 15 is 0 Å². The third-order valence-electron chi connectivity index (χ3n) is 3.07. The second kappa shape index (κ2) is 5.83. The van der Waals surface area contributed by atoms with Crippen molar-refractivity contribution in [2.45, 2.75) is 19.9 Å². The van der Waals surface area contributed by atoms with E-state index in [1.807, 2.05) is 6.92 Å². The molecule has 7 nitrogen and oxygen atoms in total. The molecule has 0 aromatic carbocycles. The molecule has 0 saturated carbocycles. The lowest BCUT2D eigenvalue weighted by atomic mass is 10.2. The summed E-state index contributed by atoms with van der Waals surface area (Å²) in [5.41, 5.74) is 0.755. The SMILES string of the molecule is COC(=O)c1[nH]ncc1N=C(C)N1CCOC[C@H]1C. The first-order valence-corrected chi connectivity index (χ1v) is 6.15. The molecule has 0 radical (unpaired) electrons. The largest absolute Gasteiger partial charge is 0.464 e. The van der Waals surface area contributed by atoms with Gasteiger partial charge in [0.1, 0.15) is 11.5 Å². The number of morpholine rings is 1. The molecular weight excluding hydrogens is 248 g/mol. The molecule has 0 spiro atoms. The van der Waals surface area contributed by atoms with Crippen molar-refractivity contribution in [3.05, 3.63) is 11.9 Å². The molecule has 1 fully saturated rings. The van der Waals surface area contributed by atoms with Gasteiger partial charge in [-0.05, 0) is 13.8 Å². The zero-order chi connectivity index (χ0) is 13.8. The fourth-order valence-electron chi connectivity index (χ4n) is 2.06. The number of H-pyrrole nitrogens is 1. The lowest BCUT2D eigenvalue weighted by Crippen LogP contribution is -2.46. The minimum atomic E-state index is -0.473. The van der Waals surface area contributed by atoms with E-state index in [4.69, 9.17) is 4.74 Å². The number of carbonyl (C=O) groups is 1. The fourth-order valence-corrected chi connectivity index (χ4v) is 2.06. The number of rotatable bonds is 2. The van der Waals surface area contributed by atoms with Crippen molar-refractivity contribution < 1.29 is 14.3 Å². The number of aliphatic imine (C=N–C) groups is 1. The highest BCUT2D eigenvalue weighted by Gasteiger charge is 2.21. The quantitative estimate of drug-likeness (QED) is 0.490. The van der Waals surface area contributed by atoms with Gasteiger partial charge in [0.25, 0.3) is 0 Å². The van der Waals surface area contributed by atoms with Crippen LogP contribution in [0.2, 0.25) is 0 Å². The molecule has 19 heavy (non-hydrogen) atoms. The Kier molecular flexibility index (Phi) is 4.16. The molecule has 1 aliphatic rings. The summed E-state index contributed by atoms with van der Waals surface area (Å²) in [5.74, 6) is 0.362.